The molecule has 108 valence electrons. The van der Waals surface area contributed by atoms with Gasteiger partial charge in [0.2, 0.25) is 0 Å². The summed E-state index contributed by atoms with van der Waals surface area (Å²) in [7, 11) is -1.60. The Morgan fingerprint density at radius 1 is 1.37 bits per heavy atom. The van der Waals surface area contributed by atoms with E-state index in [1.54, 1.807) is 13.0 Å². The van der Waals surface area contributed by atoms with Gasteiger partial charge in [0, 0.05) is 5.54 Å². The third-order valence-electron chi connectivity index (χ3n) is 2.06. The first-order valence-electron chi connectivity index (χ1n) is 5.55. The predicted octanol–water partition coefficient (Wildman–Crippen LogP) is 3.66. The molecule has 1 atom stereocenters. The van der Waals surface area contributed by atoms with E-state index in [0.717, 1.165) is 0 Å². The van der Waals surface area contributed by atoms with E-state index >= 15 is 0 Å². The van der Waals surface area contributed by atoms with Crippen LogP contribution in [-0.4, -0.2) is 16.4 Å². The highest BCUT2D eigenvalue weighted by Gasteiger charge is 2.21. The maximum atomic E-state index is 12.3. The van der Waals surface area contributed by atoms with Gasteiger partial charge in [-0.1, -0.05) is 17.7 Å². The van der Waals surface area contributed by atoms with Gasteiger partial charge in [0.25, 0.3) is 0 Å². The highest BCUT2D eigenvalue weighted by Crippen LogP contribution is 2.34. The average molecular weight is 312 g/mol. The molecule has 19 heavy (non-hydrogen) atoms. The van der Waals surface area contributed by atoms with Gasteiger partial charge < -0.3 is 4.74 Å². The number of rotatable bonds is 4. The number of ether oxygens (including phenoxy) is 1. The zero-order valence-electron chi connectivity index (χ0n) is 11.1. The van der Waals surface area contributed by atoms with Crippen LogP contribution in [0.25, 0.3) is 0 Å². The van der Waals surface area contributed by atoms with Crippen molar-refractivity contribution in [2.24, 2.45) is 0 Å². The van der Waals surface area contributed by atoms with Gasteiger partial charge in [0.15, 0.2) is 0 Å². The number of nitrogens with one attached hydrogen (secondary N) is 1. The van der Waals surface area contributed by atoms with Crippen LogP contribution in [0.1, 0.15) is 26.3 Å². The molecule has 0 saturated carbocycles. The molecule has 1 N–H and O–H groups in total. The number of hydrogen-bond acceptors (Lipinski definition) is 2. The van der Waals surface area contributed by atoms with E-state index in [2.05, 4.69) is 9.46 Å². The lowest BCUT2D eigenvalue weighted by Crippen LogP contribution is -2.37. The number of halogens is 3. The Morgan fingerprint density at radius 2 is 1.95 bits per heavy atom. The molecule has 0 aliphatic heterocycles. The molecule has 1 aromatic rings. The summed E-state index contributed by atoms with van der Waals surface area (Å²) in [6.45, 7) is 4.12. The Morgan fingerprint density at radius 3 is 2.42 bits per heavy atom. The van der Waals surface area contributed by atoms with Crippen LogP contribution in [0.5, 0.6) is 5.75 Å². The van der Waals surface area contributed by atoms with E-state index in [4.69, 9.17) is 11.6 Å². The van der Waals surface area contributed by atoms with Gasteiger partial charge in [-0.05, 0) is 39.3 Å². The van der Waals surface area contributed by atoms with E-state index in [0.29, 0.717) is 5.56 Å². The molecule has 7 heteroatoms. The average Bonchev–Trinajstić information content (AvgIpc) is 2.21. The number of hydrogen-bond donors (Lipinski definition) is 1. The van der Waals surface area contributed by atoms with E-state index in [9.17, 15) is 13.0 Å². The first kappa shape index (κ1) is 16.3. The van der Waals surface area contributed by atoms with Gasteiger partial charge in [0.1, 0.15) is 21.8 Å². The van der Waals surface area contributed by atoms with Crippen molar-refractivity contribution < 1.29 is 17.7 Å². The highest BCUT2D eigenvalue weighted by molar-refractivity contribution is 7.83. The largest absolute Gasteiger partial charge is 0.433 e. The predicted molar refractivity (Wildman–Crippen MR) is 72.1 cm³/mol. The zero-order valence-corrected chi connectivity index (χ0v) is 12.7. The summed E-state index contributed by atoms with van der Waals surface area (Å²) in [5.74, 6) is -0.141. The summed E-state index contributed by atoms with van der Waals surface area (Å²) in [5, 5.41) is -0.0598. The summed E-state index contributed by atoms with van der Waals surface area (Å²) in [4.78, 5) is 0.220. The lowest BCUT2D eigenvalue weighted by atomic mass is 10.1. The van der Waals surface area contributed by atoms with E-state index < -0.39 is 23.1 Å². The minimum Gasteiger partial charge on any atom is -0.433 e. The van der Waals surface area contributed by atoms with Crippen LogP contribution in [0.3, 0.4) is 0 Å². The number of aryl methyl sites for hydroxylation is 1. The molecule has 0 amide bonds. The molecule has 0 spiro atoms. The second-order valence-electron chi connectivity index (χ2n) is 5.02. The summed E-state index contributed by atoms with van der Waals surface area (Å²) in [5.41, 5.74) is 0.0600. The minimum atomic E-state index is -2.98. The van der Waals surface area contributed by atoms with E-state index in [-0.39, 0.29) is 15.7 Å². The highest BCUT2D eigenvalue weighted by atomic mass is 35.5. The molecule has 1 rings (SSSR count). The normalized spacial score (nSPS) is 13.7. The van der Waals surface area contributed by atoms with Crippen LogP contribution in [0.4, 0.5) is 8.78 Å². The molecule has 0 saturated heterocycles. The summed E-state index contributed by atoms with van der Waals surface area (Å²) in [6.07, 6.45) is 0. The Hall–Kier alpha value is -0.720. The molecule has 0 bridgehead atoms. The maximum absolute atomic E-state index is 12.3. The fourth-order valence-corrected chi connectivity index (χ4v) is 2.92. The molecule has 1 unspecified atom stereocenters. The van der Waals surface area contributed by atoms with Gasteiger partial charge in [-0.25, -0.2) is 8.93 Å². The Balaban J connectivity index is 3.13. The second kappa shape index (κ2) is 6.15. The van der Waals surface area contributed by atoms with Crippen LogP contribution in [-0.2, 0) is 11.0 Å². The van der Waals surface area contributed by atoms with Crippen molar-refractivity contribution in [2.75, 3.05) is 0 Å². The van der Waals surface area contributed by atoms with Crippen LogP contribution >= 0.6 is 11.6 Å². The number of benzene rings is 1. The van der Waals surface area contributed by atoms with Crippen molar-refractivity contribution in [3.63, 3.8) is 0 Å². The number of alkyl halides is 2. The van der Waals surface area contributed by atoms with E-state index in [1.165, 1.54) is 6.07 Å². The fourth-order valence-electron chi connectivity index (χ4n) is 1.34. The van der Waals surface area contributed by atoms with Crippen molar-refractivity contribution in [3.05, 3.63) is 22.7 Å². The maximum Gasteiger partial charge on any atom is 0.387 e. The standard InChI is InChI=1S/C12H16ClF2NO2S/c1-7-5-6-8(19(17)16-12(2,3)4)9(13)10(7)18-11(14)15/h5-6,11,16H,1-4H3. The monoisotopic (exact) mass is 311 g/mol. The molecule has 0 heterocycles. The molecule has 0 aliphatic rings. The fraction of sp³-hybridized carbons (Fsp3) is 0.500. The molecular formula is C12H16ClF2NO2S. The first-order valence-corrected chi connectivity index (χ1v) is 7.08. The zero-order chi connectivity index (χ0) is 14.8. The van der Waals surface area contributed by atoms with Crippen LogP contribution in [0.15, 0.2) is 17.0 Å². The minimum absolute atomic E-state index is 0.0598. The topological polar surface area (TPSA) is 38.3 Å². The Kier molecular flexibility index (Phi) is 5.29. The molecule has 3 nitrogen and oxygen atoms in total. The van der Waals surface area contributed by atoms with Gasteiger partial charge in [0.05, 0.1) is 4.90 Å². The first-order chi connectivity index (χ1) is 8.61. The van der Waals surface area contributed by atoms with Gasteiger partial charge >= 0.3 is 6.61 Å². The van der Waals surface area contributed by atoms with Crippen molar-refractivity contribution in [3.8, 4) is 5.75 Å². The van der Waals surface area contributed by atoms with Gasteiger partial charge in [-0.2, -0.15) is 8.78 Å². The summed E-state index contributed by atoms with van der Waals surface area (Å²) >= 11 is 5.99. The third-order valence-corrected chi connectivity index (χ3v) is 4.09. The van der Waals surface area contributed by atoms with Crippen LogP contribution in [0, 0.1) is 6.92 Å². The van der Waals surface area contributed by atoms with Crippen molar-refractivity contribution in [1.29, 1.82) is 0 Å². The van der Waals surface area contributed by atoms with Crippen LogP contribution < -0.4 is 9.46 Å². The van der Waals surface area contributed by atoms with Gasteiger partial charge in [-0.15, -0.1) is 0 Å². The van der Waals surface area contributed by atoms with Crippen molar-refractivity contribution in [1.82, 2.24) is 4.72 Å². The quantitative estimate of drug-likeness (QED) is 0.921. The lowest BCUT2D eigenvalue weighted by molar-refractivity contribution is -0.0503. The Bertz CT molecular complexity index is 489. The second-order valence-corrected chi connectivity index (χ2v) is 6.58. The van der Waals surface area contributed by atoms with Crippen LogP contribution in [0.2, 0.25) is 5.02 Å². The van der Waals surface area contributed by atoms with E-state index in [1.807, 2.05) is 20.8 Å². The third kappa shape index (κ3) is 4.71. The van der Waals surface area contributed by atoms with Gasteiger partial charge in [-0.3, -0.25) is 0 Å². The molecule has 0 aliphatic carbocycles. The summed E-state index contributed by atoms with van der Waals surface area (Å²) < 4.78 is 43.9. The van der Waals surface area contributed by atoms with Crippen molar-refractivity contribution >= 4 is 22.6 Å². The SMILES string of the molecule is Cc1ccc(S(=O)NC(C)(C)C)c(Cl)c1OC(F)F. The molecule has 0 fully saturated rings. The smallest absolute Gasteiger partial charge is 0.387 e. The Labute approximate surface area is 118 Å². The molecule has 0 radical (unpaired) electrons. The lowest BCUT2D eigenvalue weighted by Gasteiger charge is -2.20. The summed E-state index contributed by atoms with van der Waals surface area (Å²) in [6, 6.07) is 3.08. The molecular weight excluding hydrogens is 296 g/mol. The van der Waals surface area contributed by atoms with Crippen molar-refractivity contribution in [2.45, 2.75) is 44.7 Å². The molecule has 0 aromatic heterocycles. The molecule has 1 aromatic carbocycles.